The minimum absolute atomic E-state index is 0.283. The number of cyclic esters (lactones) is 1. The van der Waals surface area contributed by atoms with Gasteiger partial charge in [0, 0.05) is 21.0 Å². The van der Waals surface area contributed by atoms with E-state index in [1.807, 2.05) is 56.3 Å². The number of aromatic nitrogens is 1. The standard InChI is InChI=1S/C23H21IN4O3/c1-23(2)20(15-6-4-3-5-7-15)28(22(30)31-23)18-10-8-16(9-11-18)21(29)27-26-19-14-17(24)12-13-25-19/h3-14,20H,1-2H3,(H,25,26)(H,27,29). The Labute approximate surface area is 193 Å². The number of carbonyl (C=O) groups excluding carboxylic acids is 2. The molecule has 2 amide bonds. The first-order valence-electron chi connectivity index (χ1n) is 9.70. The minimum Gasteiger partial charge on any atom is -0.441 e. The van der Waals surface area contributed by atoms with Gasteiger partial charge in [0.25, 0.3) is 5.91 Å². The predicted octanol–water partition coefficient (Wildman–Crippen LogP) is 4.92. The number of anilines is 2. The van der Waals surface area contributed by atoms with Crippen molar-refractivity contribution in [2.45, 2.75) is 25.5 Å². The molecule has 1 aliphatic rings. The van der Waals surface area contributed by atoms with Crippen molar-refractivity contribution in [1.82, 2.24) is 10.4 Å². The van der Waals surface area contributed by atoms with Crippen molar-refractivity contribution in [1.29, 1.82) is 0 Å². The summed E-state index contributed by atoms with van der Waals surface area (Å²) in [4.78, 5) is 30.9. The molecule has 0 aliphatic carbocycles. The Balaban J connectivity index is 1.52. The molecular formula is C23H21IN4O3. The van der Waals surface area contributed by atoms with E-state index in [9.17, 15) is 9.59 Å². The molecule has 7 nitrogen and oxygen atoms in total. The van der Waals surface area contributed by atoms with E-state index in [0.717, 1.165) is 9.13 Å². The van der Waals surface area contributed by atoms with Crippen LogP contribution < -0.4 is 15.8 Å². The Morgan fingerprint density at radius 2 is 1.81 bits per heavy atom. The molecule has 3 aromatic rings. The van der Waals surface area contributed by atoms with Crippen LogP contribution in [0.25, 0.3) is 0 Å². The van der Waals surface area contributed by atoms with Crippen LogP contribution in [0.1, 0.15) is 35.8 Å². The minimum atomic E-state index is -0.696. The topological polar surface area (TPSA) is 83.6 Å². The molecule has 1 aromatic heterocycles. The lowest BCUT2D eigenvalue weighted by Gasteiger charge is -2.29. The number of benzene rings is 2. The van der Waals surface area contributed by atoms with Crippen LogP contribution in [0.5, 0.6) is 0 Å². The number of hydrogen-bond acceptors (Lipinski definition) is 5. The second-order valence-corrected chi connectivity index (χ2v) is 8.89. The van der Waals surface area contributed by atoms with Crippen molar-refractivity contribution >= 4 is 46.1 Å². The highest BCUT2D eigenvalue weighted by atomic mass is 127. The van der Waals surface area contributed by atoms with Gasteiger partial charge in [0.05, 0.1) is 0 Å². The van der Waals surface area contributed by atoms with E-state index < -0.39 is 11.7 Å². The first kappa shape index (κ1) is 21.1. The molecule has 1 saturated heterocycles. The van der Waals surface area contributed by atoms with Gasteiger partial charge in [-0.1, -0.05) is 30.3 Å². The van der Waals surface area contributed by atoms with E-state index in [1.165, 1.54) is 0 Å². The van der Waals surface area contributed by atoms with Crippen molar-refractivity contribution in [3.05, 3.63) is 87.6 Å². The summed E-state index contributed by atoms with van der Waals surface area (Å²) in [6.45, 7) is 3.80. The average molecular weight is 528 g/mol. The Kier molecular flexibility index (Phi) is 5.81. The van der Waals surface area contributed by atoms with Crippen molar-refractivity contribution in [2.24, 2.45) is 0 Å². The number of ether oxygens (including phenoxy) is 1. The van der Waals surface area contributed by atoms with Gasteiger partial charge < -0.3 is 4.74 Å². The van der Waals surface area contributed by atoms with Crippen molar-refractivity contribution in [2.75, 3.05) is 10.3 Å². The van der Waals surface area contributed by atoms with Gasteiger partial charge in [0.1, 0.15) is 17.5 Å². The largest absolute Gasteiger partial charge is 0.441 e. The zero-order valence-corrected chi connectivity index (χ0v) is 19.2. The molecule has 31 heavy (non-hydrogen) atoms. The van der Waals surface area contributed by atoms with Gasteiger partial charge in [-0.15, -0.1) is 0 Å². The Hall–Kier alpha value is -3.14. The third-order valence-corrected chi connectivity index (χ3v) is 5.68. The molecule has 1 aliphatic heterocycles. The number of nitrogens with zero attached hydrogens (tertiary/aromatic N) is 2. The molecule has 0 saturated carbocycles. The molecule has 4 rings (SSSR count). The van der Waals surface area contributed by atoms with Crippen LogP contribution in [0, 0.1) is 3.57 Å². The number of hydrogen-bond donors (Lipinski definition) is 2. The summed E-state index contributed by atoms with van der Waals surface area (Å²) < 4.78 is 6.65. The lowest BCUT2D eigenvalue weighted by molar-refractivity contribution is 0.0685. The van der Waals surface area contributed by atoms with Crippen LogP contribution >= 0.6 is 22.6 Å². The zero-order chi connectivity index (χ0) is 22.0. The smallest absolute Gasteiger partial charge is 0.415 e. The lowest BCUT2D eigenvalue weighted by atomic mass is 9.91. The van der Waals surface area contributed by atoms with Gasteiger partial charge in [0.15, 0.2) is 0 Å². The molecule has 1 fully saturated rings. The maximum absolute atomic E-state index is 12.7. The number of hydrazine groups is 1. The summed E-state index contributed by atoms with van der Waals surface area (Å²) in [7, 11) is 0. The number of pyridine rings is 1. The highest BCUT2D eigenvalue weighted by Crippen LogP contribution is 2.43. The number of rotatable bonds is 5. The molecule has 1 unspecified atom stereocenters. The molecule has 0 bridgehead atoms. The maximum atomic E-state index is 12.7. The van der Waals surface area contributed by atoms with Gasteiger partial charge in [-0.25, -0.2) is 9.78 Å². The molecule has 0 radical (unpaired) electrons. The predicted molar refractivity (Wildman–Crippen MR) is 127 cm³/mol. The highest BCUT2D eigenvalue weighted by molar-refractivity contribution is 14.1. The summed E-state index contributed by atoms with van der Waals surface area (Å²) in [5.74, 6) is 0.237. The molecule has 2 heterocycles. The van der Waals surface area contributed by atoms with Gasteiger partial charge in [-0.3, -0.25) is 20.5 Å². The molecule has 2 N–H and O–H groups in total. The Morgan fingerprint density at radius 1 is 1.10 bits per heavy atom. The zero-order valence-electron chi connectivity index (χ0n) is 17.0. The van der Waals surface area contributed by atoms with Crippen LogP contribution in [0.3, 0.4) is 0 Å². The summed E-state index contributed by atoms with van der Waals surface area (Å²) in [6, 6.07) is 20.0. The fourth-order valence-corrected chi connectivity index (χ4v) is 4.08. The molecule has 1 atom stereocenters. The van der Waals surface area contributed by atoms with Crippen molar-refractivity contribution in [3.63, 3.8) is 0 Å². The van der Waals surface area contributed by atoms with Crippen molar-refractivity contribution in [3.8, 4) is 0 Å². The summed E-state index contributed by atoms with van der Waals surface area (Å²) >= 11 is 2.17. The van der Waals surface area contributed by atoms with Crippen LogP contribution in [0.4, 0.5) is 16.3 Å². The molecule has 2 aromatic carbocycles. The highest BCUT2D eigenvalue weighted by Gasteiger charge is 2.49. The number of halogens is 1. The van der Waals surface area contributed by atoms with Gasteiger partial charge in [-0.2, -0.15) is 0 Å². The van der Waals surface area contributed by atoms with E-state index in [2.05, 4.69) is 38.4 Å². The second-order valence-electron chi connectivity index (χ2n) is 7.64. The normalized spacial score (nSPS) is 17.2. The van der Waals surface area contributed by atoms with Gasteiger partial charge in [-0.05, 0) is 78.4 Å². The summed E-state index contributed by atoms with van der Waals surface area (Å²) in [5, 5.41) is 0. The summed E-state index contributed by atoms with van der Waals surface area (Å²) in [5.41, 5.74) is 6.82. The molecular weight excluding hydrogens is 507 g/mol. The summed E-state index contributed by atoms with van der Waals surface area (Å²) in [6.07, 6.45) is 1.24. The van der Waals surface area contributed by atoms with E-state index in [4.69, 9.17) is 4.74 Å². The van der Waals surface area contributed by atoms with E-state index in [-0.39, 0.29) is 11.9 Å². The second kappa shape index (κ2) is 8.54. The third-order valence-electron chi connectivity index (χ3n) is 5.01. The Bertz CT molecular complexity index is 1100. The fourth-order valence-electron chi connectivity index (χ4n) is 3.63. The van der Waals surface area contributed by atoms with E-state index in [0.29, 0.717) is 17.1 Å². The van der Waals surface area contributed by atoms with Crippen LogP contribution in [0.2, 0.25) is 0 Å². The maximum Gasteiger partial charge on any atom is 0.415 e. The SMILES string of the molecule is CC1(C)OC(=O)N(c2ccc(C(=O)NNc3cc(I)ccn3)cc2)C1c1ccccc1. The number of amides is 2. The quantitative estimate of drug-likeness (QED) is 0.363. The van der Waals surface area contributed by atoms with Crippen LogP contribution in [-0.4, -0.2) is 22.6 Å². The molecule has 158 valence electrons. The first-order valence-corrected chi connectivity index (χ1v) is 10.8. The fraction of sp³-hybridized carbons (Fsp3) is 0.174. The third kappa shape index (κ3) is 4.48. The van der Waals surface area contributed by atoms with Gasteiger partial charge in [0.2, 0.25) is 0 Å². The molecule has 0 spiro atoms. The van der Waals surface area contributed by atoms with Crippen LogP contribution in [-0.2, 0) is 4.74 Å². The van der Waals surface area contributed by atoms with E-state index in [1.54, 1.807) is 35.4 Å². The lowest BCUT2D eigenvalue weighted by Crippen LogP contribution is -2.34. The monoisotopic (exact) mass is 528 g/mol. The van der Waals surface area contributed by atoms with Crippen molar-refractivity contribution < 1.29 is 14.3 Å². The first-order chi connectivity index (χ1) is 14.8. The number of nitrogens with one attached hydrogen (secondary N) is 2. The van der Waals surface area contributed by atoms with E-state index >= 15 is 0 Å². The van der Waals surface area contributed by atoms with Crippen LogP contribution in [0.15, 0.2) is 72.9 Å². The molecule has 8 heteroatoms. The average Bonchev–Trinajstić information content (AvgIpc) is 3.01. The Morgan fingerprint density at radius 3 is 2.48 bits per heavy atom. The van der Waals surface area contributed by atoms with Gasteiger partial charge >= 0.3 is 6.09 Å². The number of carbonyl (C=O) groups is 2.